The molecule has 0 aliphatic carbocycles. The van der Waals surface area contributed by atoms with Crippen molar-refractivity contribution in [1.29, 1.82) is 0 Å². The van der Waals surface area contributed by atoms with Gasteiger partial charge >= 0.3 is 5.97 Å². The van der Waals surface area contributed by atoms with E-state index in [4.69, 9.17) is 10.8 Å². The summed E-state index contributed by atoms with van der Waals surface area (Å²) in [5, 5.41) is 9.69. The SMILES string of the molecule is Nc1c(F)ccc(Sc2ccccn2)c1C(=O)O. The third kappa shape index (κ3) is 2.43. The van der Waals surface area contributed by atoms with E-state index in [-0.39, 0.29) is 11.3 Å². The summed E-state index contributed by atoms with van der Waals surface area (Å²) in [6.07, 6.45) is 1.59. The molecule has 3 N–H and O–H groups in total. The monoisotopic (exact) mass is 264 g/mol. The van der Waals surface area contributed by atoms with Crippen LogP contribution in [-0.4, -0.2) is 16.1 Å². The van der Waals surface area contributed by atoms with Crippen molar-refractivity contribution in [1.82, 2.24) is 4.98 Å². The van der Waals surface area contributed by atoms with E-state index >= 15 is 0 Å². The number of carboxylic acids is 1. The van der Waals surface area contributed by atoms with Gasteiger partial charge in [-0.3, -0.25) is 0 Å². The number of carboxylic acid groups (broad SMARTS) is 1. The average molecular weight is 264 g/mol. The van der Waals surface area contributed by atoms with Gasteiger partial charge in [-0.05, 0) is 24.3 Å². The summed E-state index contributed by atoms with van der Waals surface area (Å²) in [4.78, 5) is 15.5. The molecule has 1 aromatic heterocycles. The highest BCUT2D eigenvalue weighted by atomic mass is 32.2. The van der Waals surface area contributed by atoms with Crippen LogP contribution in [0.2, 0.25) is 0 Å². The summed E-state index contributed by atoms with van der Waals surface area (Å²) in [7, 11) is 0. The van der Waals surface area contributed by atoms with E-state index in [1.54, 1.807) is 24.4 Å². The van der Waals surface area contributed by atoms with Gasteiger partial charge in [-0.1, -0.05) is 17.8 Å². The van der Waals surface area contributed by atoms with Crippen molar-refractivity contribution in [3.8, 4) is 0 Å². The number of rotatable bonds is 3. The number of aromatic carboxylic acids is 1. The molecule has 4 nitrogen and oxygen atoms in total. The fourth-order valence-electron chi connectivity index (χ4n) is 1.40. The Morgan fingerprint density at radius 1 is 1.33 bits per heavy atom. The van der Waals surface area contributed by atoms with Crippen molar-refractivity contribution in [2.75, 3.05) is 5.73 Å². The molecular weight excluding hydrogens is 255 g/mol. The molecule has 0 spiro atoms. The van der Waals surface area contributed by atoms with Crippen LogP contribution in [0.3, 0.4) is 0 Å². The molecular formula is C12H9FN2O2S. The largest absolute Gasteiger partial charge is 0.478 e. The minimum atomic E-state index is -1.26. The van der Waals surface area contributed by atoms with Crippen LogP contribution >= 0.6 is 11.8 Å². The van der Waals surface area contributed by atoms with Gasteiger partial charge in [0, 0.05) is 11.1 Å². The van der Waals surface area contributed by atoms with E-state index < -0.39 is 11.8 Å². The van der Waals surface area contributed by atoms with Gasteiger partial charge in [-0.2, -0.15) is 0 Å². The molecule has 92 valence electrons. The van der Waals surface area contributed by atoms with Crippen molar-refractivity contribution in [2.24, 2.45) is 0 Å². The second-order valence-electron chi connectivity index (χ2n) is 3.41. The smallest absolute Gasteiger partial charge is 0.339 e. The van der Waals surface area contributed by atoms with Crippen LogP contribution < -0.4 is 5.73 Å². The third-order valence-electron chi connectivity index (χ3n) is 2.22. The maximum absolute atomic E-state index is 13.2. The Morgan fingerprint density at radius 2 is 2.11 bits per heavy atom. The zero-order valence-electron chi connectivity index (χ0n) is 9.13. The average Bonchev–Trinajstić information content (AvgIpc) is 2.35. The van der Waals surface area contributed by atoms with E-state index in [1.165, 1.54) is 6.07 Å². The third-order valence-corrected chi connectivity index (χ3v) is 3.23. The maximum atomic E-state index is 13.2. The van der Waals surface area contributed by atoms with Gasteiger partial charge in [0.2, 0.25) is 0 Å². The number of hydrogen-bond acceptors (Lipinski definition) is 4. The molecule has 2 aromatic rings. The molecule has 0 amide bonds. The quantitative estimate of drug-likeness (QED) is 0.833. The molecule has 0 atom stereocenters. The fraction of sp³-hybridized carbons (Fsp3) is 0. The standard InChI is InChI=1S/C12H9FN2O2S/c13-7-4-5-8(10(11(7)14)12(16)17)18-9-3-1-2-6-15-9/h1-6H,14H2,(H,16,17). The van der Waals surface area contributed by atoms with Crippen LogP contribution in [0.1, 0.15) is 10.4 Å². The second kappa shape index (κ2) is 5.05. The summed E-state index contributed by atoms with van der Waals surface area (Å²) >= 11 is 1.13. The molecule has 0 fully saturated rings. The molecule has 1 heterocycles. The topological polar surface area (TPSA) is 76.2 Å². The molecule has 0 saturated carbocycles. The Balaban J connectivity index is 2.45. The lowest BCUT2D eigenvalue weighted by molar-refractivity contribution is 0.0694. The number of pyridine rings is 1. The van der Waals surface area contributed by atoms with E-state index in [0.717, 1.165) is 17.8 Å². The van der Waals surface area contributed by atoms with Crippen molar-refractivity contribution >= 4 is 23.4 Å². The highest BCUT2D eigenvalue weighted by molar-refractivity contribution is 7.99. The number of nitrogen functional groups attached to an aromatic ring is 1. The van der Waals surface area contributed by atoms with Gasteiger partial charge < -0.3 is 10.8 Å². The fourth-order valence-corrected chi connectivity index (χ4v) is 2.32. The number of halogens is 1. The Bertz CT molecular complexity index is 590. The molecule has 0 aliphatic heterocycles. The lowest BCUT2D eigenvalue weighted by atomic mass is 10.2. The number of anilines is 1. The van der Waals surface area contributed by atoms with Crippen LogP contribution in [0, 0.1) is 5.82 Å². The highest BCUT2D eigenvalue weighted by Gasteiger charge is 2.18. The normalized spacial score (nSPS) is 10.3. The van der Waals surface area contributed by atoms with Crippen LogP contribution in [0.15, 0.2) is 46.5 Å². The second-order valence-corrected chi connectivity index (χ2v) is 4.47. The maximum Gasteiger partial charge on any atom is 0.339 e. The first-order valence-electron chi connectivity index (χ1n) is 4.99. The first-order chi connectivity index (χ1) is 8.59. The number of nitrogens with two attached hydrogens (primary N) is 1. The number of carbonyl (C=O) groups is 1. The number of nitrogens with zero attached hydrogens (tertiary/aromatic N) is 1. The summed E-state index contributed by atoms with van der Waals surface area (Å²) in [6, 6.07) is 7.79. The lowest BCUT2D eigenvalue weighted by Gasteiger charge is -2.08. The summed E-state index contributed by atoms with van der Waals surface area (Å²) in [6.45, 7) is 0. The Morgan fingerprint density at radius 3 is 2.72 bits per heavy atom. The Hall–Kier alpha value is -2.08. The highest BCUT2D eigenvalue weighted by Crippen LogP contribution is 2.33. The lowest BCUT2D eigenvalue weighted by Crippen LogP contribution is -2.06. The van der Waals surface area contributed by atoms with Crippen molar-refractivity contribution < 1.29 is 14.3 Å². The van der Waals surface area contributed by atoms with Crippen molar-refractivity contribution in [2.45, 2.75) is 9.92 Å². The van der Waals surface area contributed by atoms with Crippen LogP contribution in [0.25, 0.3) is 0 Å². The summed E-state index contributed by atoms with van der Waals surface area (Å²) in [5.74, 6) is -2.00. The van der Waals surface area contributed by atoms with Gasteiger partial charge in [0.15, 0.2) is 0 Å². The minimum absolute atomic E-state index is 0.231. The molecule has 0 saturated heterocycles. The van der Waals surface area contributed by atoms with Crippen molar-refractivity contribution in [3.63, 3.8) is 0 Å². The number of aromatic nitrogens is 1. The Kier molecular flexibility index (Phi) is 3.47. The first kappa shape index (κ1) is 12.4. The molecule has 0 radical (unpaired) electrons. The molecule has 6 heteroatoms. The van der Waals surface area contributed by atoms with Crippen LogP contribution in [-0.2, 0) is 0 Å². The van der Waals surface area contributed by atoms with E-state index in [2.05, 4.69) is 4.98 Å². The van der Waals surface area contributed by atoms with E-state index in [0.29, 0.717) is 9.92 Å². The molecule has 0 unspecified atom stereocenters. The first-order valence-corrected chi connectivity index (χ1v) is 5.81. The zero-order valence-corrected chi connectivity index (χ0v) is 9.95. The van der Waals surface area contributed by atoms with Gasteiger partial charge in [0.05, 0.1) is 11.3 Å². The van der Waals surface area contributed by atoms with Crippen LogP contribution in [0.5, 0.6) is 0 Å². The Labute approximate surface area is 107 Å². The number of benzene rings is 1. The zero-order chi connectivity index (χ0) is 13.1. The van der Waals surface area contributed by atoms with Gasteiger partial charge in [-0.25, -0.2) is 14.2 Å². The number of hydrogen-bond donors (Lipinski definition) is 2. The molecule has 0 aliphatic rings. The summed E-state index contributed by atoms with van der Waals surface area (Å²) in [5.41, 5.74) is 4.86. The predicted octanol–water partition coefficient (Wildman–Crippen LogP) is 2.65. The minimum Gasteiger partial charge on any atom is -0.478 e. The predicted molar refractivity (Wildman–Crippen MR) is 66.1 cm³/mol. The molecule has 1 aromatic carbocycles. The molecule has 0 bridgehead atoms. The van der Waals surface area contributed by atoms with Crippen molar-refractivity contribution in [3.05, 3.63) is 47.9 Å². The van der Waals surface area contributed by atoms with Gasteiger partial charge in [0.25, 0.3) is 0 Å². The van der Waals surface area contributed by atoms with Gasteiger partial charge in [-0.15, -0.1) is 0 Å². The van der Waals surface area contributed by atoms with E-state index in [1.807, 2.05) is 0 Å². The molecule has 18 heavy (non-hydrogen) atoms. The summed E-state index contributed by atoms with van der Waals surface area (Å²) < 4.78 is 13.2. The molecule has 2 rings (SSSR count). The van der Waals surface area contributed by atoms with E-state index in [9.17, 15) is 9.18 Å². The van der Waals surface area contributed by atoms with Gasteiger partial charge in [0.1, 0.15) is 10.8 Å². The van der Waals surface area contributed by atoms with Crippen LogP contribution in [0.4, 0.5) is 10.1 Å².